The SMILES string of the molecule is COC(=O)c1ccc(C(=O)Nc2nc3c(s2)CN(S(=O)(=O)C(C)C)CC3)cc1. The van der Waals surface area contributed by atoms with E-state index in [1.54, 1.807) is 13.8 Å². The number of hydrogen-bond donors (Lipinski definition) is 1. The van der Waals surface area contributed by atoms with Gasteiger partial charge >= 0.3 is 5.97 Å². The molecule has 2 heterocycles. The molecule has 0 radical (unpaired) electrons. The van der Waals surface area contributed by atoms with Crippen molar-refractivity contribution >= 4 is 38.4 Å². The highest BCUT2D eigenvalue weighted by Crippen LogP contribution is 2.30. The molecular formula is C18H21N3O5S2. The van der Waals surface area contributed by atoms with Crippen molar-refractivity contribution in [3.05, 3.63) is 46.0 Å². The van der Waals surface area contributed by atoms with Crippen molar-refractivity contribution < 1.29 is 22.7 Å². The van der Waals surface area contributed by atoms with Crippen LogP contribution in [0.25, 0.3) is 0 Å². The van der Waals surface area contributed by atoms with Crippen LogP contribution in [0.5, 0.6) is 0 Å². The molecule has 3 rings (SSSR count). The Morgan fingerprint density at radius 2 is 1.86 bits per heavy atom. The molecule has 1 aromatic carbocycles. The van der Waals surface area contributed by atoms with E-state index in [1.807, 2.05) is 0 Å². The summed E-state index contributed by atoms with van der Waals surface area (Å²) >= 11 is 1.28. The van der Waals surface area contributed by atoms with E-state index < -0.39 is 21.2 Å². The average Bonchev–Trinajstić information content (AvgIpc) is 3.08. The quantitative estimate of drug-likeness (QED) is 0.740. The lowest BCUT2D eigenvalue weighted by molar-refractivity contribution is 0.0600. The Morgan fingerprint density at radius 1 is 1.21 bits per heavy atom. The number of benzene rings is 1. The number of carbonyl (C=O) groups is 2. The molecule has 8 nitrogen and oxygen atoms in total. The van der Waals surface area contributed by atoms with Gasteiger partial charge in [-0.15, -0.1) is 11.3 Å². The predicted molar refractivity (Wildman–Crippen MR) is 106 cm³/mol. The van der Waals surface area contributed by atoms with E-state index in [-0.39, 0.29) is 12.5 Å². The second kappa shape index (κ2) is 7.98. The molecule has 1 amide bonds. The van der Waals surface area contributed by atoms with Crippen LogP contribution in [0, 0.1) is 0 Å². The highest BCUT2D eigenvalue weighted by atomic mass is 32.2. The molecule has 0 aliphatic carbocycles. The standard InChI is InChI=1S/C18H21N3O5S2/c1-11(2)28(24,25)21-9-8-14-15(10-21)27-18(19-14)20-16(22)12-4-6-13(7-5-12)17(23)26-3/h4-7,11H,8-10H2,1-3H3,(H,19,20,22). The van der Waals surface area contributed by atoms with Gasteiger partial charge in [0.25, 0.3) is 5.91 Å². The van der Waals surface area contributed by atoms with Crippen LogP contribution in [-0.4, -0.2) is 48.5 Å². The summed E-state index contributed by atoms with van der Waals surface area (Å²) in [5, 5.41) is 2.69. The Balaban J connectivity index is 1.71. The summed E-state index contributed by atoms with van der Waals surface area (Å²) in [5.74, 6) is -0.824. The van der Waals surface area contributed by atoms with E-state index in [0.29, 0.717) is 29.2 Å². The van der Waals surface area contributed by atoms with Gasteiger partial charge in [-0.05, 0) is 38.1 Å². The molecule has 0 saturated heterocycles. The molecule has 1 aromatic heterocycles. The van der Waals surface area contributed by atoms with Crippen molar-refractivity contribution in [2.75, 3.05) is 19.0 Å². The van der Waals surface area contributed by atoms with Gasteiger partial charge in [0.2, 0.25) is 10.0 Å². The predicted octanol–water partition coefficient (Wildman–Crippen LogP) is 2.28. The van der Waals surface area contributed by atoms with Crippen molar-refractivity contribution in [2.24, 2.45) is 0 Å². The minimum atomic E-state index is -3.33. The molecule has 0 fully saturated rings. The number of ether oxygens (including phenoxy) is 1. The lowest BCUT2D eigenvalue weighted by Crippen LogP contribution is -2.39. The minimum Gasteiger partial charge on any atom is -0.465 e. The van der Waals surface area contributed by atoms with Gasteiger partial charge in [0, 0.05) is 30.0 Å². The Hall–Kier alpha value is -2.30. The van der Waals surface area contributed by atoms with Crippen molar-refractivity contribution in [3.8, 4) is 0 Å². The van der Waals surface area contributed by atoms with E-state index in [4.69, 9.17) is 0 Å². The van der Waals surface area contributed by atoms with E-state index in [1.165, 1.54) is 47.0 Å². The summed E-state index contributed by atoms with van der Waals surface area (Å²) in [6, 6.07) is 6.10. The lowest BCUT2D eigenvalue weighted by atomic mass is 10.1. The molecule has 1 N–H and O–H groups in total. The molecule has 0 saturated carbocycles. The summed E-state index contributed by atoms with van der Waals surface area (Å²) in [5.41, 5.74) is 1.55. The number of nitrogens with zero attached hydrogens (tertiary/aromatic N) is 2. The van der Waals surface area contributed by atoms with Crippen molar-refractivity contribution in [1.82, 2.24) is 9.29 Å². The zero-order chi connectivity index (χ0) is 20.5. The minimum absolute atomic E-state index is 0.275. The van der Waals surface area contributed by atoms with Crippen LogP contribution in [0.15, 0.2) is 24.3 Å². The Bertz CT molecular complexity index is 997. The summed E-state index contributed by atoms with van der Waals surface area (Å²) in [7, 11) is -2.03. The van der Waals surface area contributed by atoms with Crippen LogP contribution < -0.4 is 5.32 Å². The molecule has 0 unspecified atom stereocenters. The van der Waals surface area contributed by atoms with Crippen LogP contribution >= 0.6 is 11.3 Å². The van der Waals surface area contributed by atoms with Crippen molar-refractivity contribution in [3.63, 3.8) is 0 Å². The Kier molecular flexibility index (Phi) is 5.82. The highest BCUT2D eigenvalue weighted by Gasteiger charge is 2.31. The average molecular weight is 424 g/mol. The maximum atomic E-state index is 12.4. The van der Waals surface area contributed by atoms with Gasteiger partial charge in [-0.3, -0.25) is 10.1 Å². The van der Waals surface area contributed by atoms with Gasteiger partial charge in [-0.1, -0.05) is 0 Å². The first kappa shape index (κ1) is 20.4. The number of carbonyl (C=O) groups excluding carboxylic acids is 2. The summed E-state index contributed by atoms with van der Waals surface area (Å²) in [4.78, 5) is 29.1. The van der Waals surface area contributed by atoms with Crippen LogP contribution in [0.3, 0.4) is 0 Å². The van der Waals surface area contributed by atoms with Gasteiger partial charge in [0.15, 0.2) is 5.13 Å². The highest BCUT2D eigenvalue weighted by molar-refractivity contribution is 7.89. The third-order valence-electron chi connectivity index (χ3n) is 4.44. The van der Waals surface area contributed by atoms with E-state index in [2.05, 4.69) is 15.0 Å². The molecule has 2 aromatic rings. The zero-order valence-electron chi connectivity index (χ0n) is 15.8. The normalized spacial score (nSPS) is 14.6. The summed E-state index contributed by atoms with van der Waals surface area (Å²) in [6.07, 6.45) is 0.515. The van der Waals surface area contributed by atoms with Gasteiger partial charge in [0.05, 0.1) is 23.6 Å². The molecule has 0 spiro atoms. The maximum Gasteiger partial charge on any atom is 0.337 e. The molecule has 1 aliphatic heterocycles. The number of sulfonamides is 1. The fourth-order valence-electron chi connectivity index (χ4n) is 2.79. The maximum absolute atomic E-state index is 12.4. The van der Waals surface area contributed by atoms with Crippen LogP contribution in [0.1, 0.15) is 45.1 Å². The molecule has 28 heavy (non-hydrogen) atoms. The smallest absolute Gasteiger partial charge is 0.337 e. The largest absolute Gasteiger partial charge is 0.465 e. The molecule has 0 atom stereocenters. The van der Waals surface area contributed by atoms with Crippen LogP contribution in [-0.2, 0) is 27.7 Å². The van der Waals surface area contributed by atoms with Gasteiger partial charge in [-0.25, -0.2) is 18.2 Å². The van der Waals surface area contributed by atoms with E-state index >= 15 is 0 Å². The number of hydrogen-bond acceptors (Lipinski definition) is 7. The number of fused-ring (bicyclic) bond motifs is 1. The van der Waals surface area contributed by atoms with Crippen molar-refractivity contribution in [1.29, 1.82) is 0 Å². The van der Waals surface area contributed by atoms with E-state index in [9.17, 15) is 18.0 Å². The number of amides is 1. The number of methoxy groups -OCH3 is 1. The third-order valence-corrected chi connectivity index (χ3v) is 7.66. The van der Waals surface area contributed by atoms with E-state index in [0.717, 1.165) is 10.6 Å². The first-order valence-corrected chi connectivity index (χ1v) is 11.0. The fraction of sp³-hybridized carbons (Fsp3) is 0.389. The molecular weight excluding hydrogens is 402 g/mol. The number of aromatic nitrogens is 1. The lowest BCUT2D eigenvalue weighted by Gasteiger charge is -2.26. The fourth-order valence-corrected chi connectivity index (χ4v) is 5.14. The first-order valence-electron chi connectivity index (χ1n) is 8.69. The number of anilines is 1. The van der Waals surface area contributed by atoms with Gasteiger partial charge < -0.3 is 4.74 Å². The number of rotatable bonds is 5. The second-order valence-corrected chi connectivity index (χ2v) is 10.2. The number of esters is 1. The van der Waals surface area contributed by atoms with Crippen LogP contribution in [0.4, 0.5) is 5.13 Å². The third kappa shape index (κ3) is 4.08. The second-order valence-electron chi connectivity index (χ2n) is 6.59. The summed E-state index contributed by atoms with van der Waals surface area (Å²) in [6.45, 7) is 3.99. The molecule has 10 heteroatoms. The monoisotopic (exact) mass is 423 g/mol. The molecule has 0 bridgehead atoms. The Morgan fingerprint density at radius 3 is 2.46 bits per heavy atom. The number of nitrogens with one attached hydrogen (secondary N) is 1. The number of thiazole rings is 1. The first-order chi connectivity index (χ1) is 13.2. The van der Waals surface area contributed by atoms with Gasteiger partial charge in [-0.2, -0.15) is 4.31 Å². The zero-order valence-corrected chi connectivity index (χ0v) is 17.4. The Labute approximate surface area is 167 Å². The van der Waals surface area contributed by atoms with Crippen molar-refractivity contribution in [2.45, 2.75) is 32.1 Å². The molecule has 150 valence electrons. The topological polar surface area (TPSA) is 106 Å². The summed E-state index contributed by atoms with van der Waals surface area (Å²) < 4.78 is 30.8. The van der Waals surface area contributed by atoms with Gasteiger partial charge in [0.1, 0.15) is 0 Å². The van der Waals surface area contributed by atoms with Crippen LogP contribution in [0.2, 0.25) is 0 Å². The molecule has 1 aliphatic rings.